The van der Waals surface area contributed by atoms with Gasteiger partial charge in [-0.05, 0) is 17.7 Å². The molecule has 0 radical (unpaired) electrons. The van der Waals surface area contributed by atoms with E-state index in [0.29, 0.717) is 5.02 Å². The van der Waals surface area contributed by atoms with Gasteiger partial charge in [0.05, 0.1) is 11.7 Å². The fraction of sp³-hybridized carbons (Fsp3) is 0.333. The Bertz CT molecular complexity index is 315. The molecule has 0 fully saturated rings. The zero-order chi connectivity index (χ0) is 10.8. The van der Waals surface area contributed by atoms with Crippen LogP contribution in [0.25, 0.3) is 0 Å². The van der Waals surface area contributed by atoms with E-state index in [9.17, 15) is 0 Å². The van der Waals surface area contributed by atoms with Gasteiger partial charge < -0.3 is 22.9 Å². The Kier molecular flexibility index (Phi) is 3.47. The lowest BCUT2D eigenvalue weighted by Crippen LogP contribution is -2.61. The Morgan fingerprint density at radius 2 is 2.00 bits per heavy atom. The van der Waals surface area contributed by atoms with Crippen LogP contribution in [-0.4, -0.2) is 12.7 Å². The molecule has 1 atom stereocenters. The zero-order valence-electron chi connectivity index (χ0n) is 7.78. The van der Waals surface area contributed by atoms with Crippen LogP contribution in [0.2, 0.25) is 5.02 Å². The van der Waals surface area contributed by atoms with Crippen LogP contribution in [0.15, 0.2) is 24.3 Å². The number of hydrogen-bond donors (Lipinski definition) is 4. The molecule has 0 aromatic heterocycles. The van der Waals surface area contributed by atoms with Gasteiger partial charge in [-0.3, -0.25) is 0 Å². The number of rotatable bonds is 3. The van der Waals surface area contributed by atoms with Gasteiger partial charge in [0, 0.05) is 11.6 Å². The van der Waals surface area contributed by atoms with Crippen molar-refractivity contribution in [1.29, 1.82) is 0 Å². The van der Waals surface area contributed by atoms with Crippen LogP contribution in [0.3, 0.4) is 0 Å². The first-order valence-electron chi connectivity index (χ1n) is 4.27. The van der Waals surface area contributed by atoms with Gasteiger partial charge in [-0.15, -0.1) is 0 Å². The average Bonchev–Trinajstić information content (AvgIpc) is 2.16. The van der Waals surface area contributed by atoms with Crippen molar-refractivity contribution in [1.82, 2.24) is 0 Å². The second-order valence-corrected chi connectivity index (χ2v) is 3.72. The predicted molar refractivity (Wildman–Crippen MR) is 58.5 cm³/mol. The Labute approximate surface area is 88.2 Å². The van der Waals surface area contributed by atoms with Crippen LogP contribution in [0.4, 0.5) is 0 Å². The first-order valence-corrected chi connectivity index (χ1v) is 4.64. The van der Waals surface area contributed by atoms with Crippen molar-refractivity contribution < 1.29 is 0 Å². The van der Waals surface area contributed by atoms with Crippen molar-refractivity contribution in [3.05, 3.63) is 34.9 Å². The Morgan fingerprint density at radius 1 is 1.36 bits per heavy atom. The molecule has 1 unspecified atom stereocenters. The number of benzene rings is 1. The largest absolute Gasteiger partial charge is 0.328 e. The average molecular weight is 215 g/mol. The maximum atomic E-state index is 6.00. The van der Waals surface area contributed by atoms with Crippen molar-refractivity contribution >= 4 is 11.6 Å². The van der Waals surface area contributed by atoms with E-state index in [2.05, 4.69) is 0 Å². The SMILES string of the molecule is NCC(N)(c1cccc(Cl)c1)C(N)N. The van der Waals surface area contributed by atoms with E-state index in [0.717, 1.165) is 5.56 Å². The lowest BCUT2D eigenvalue weighted by atomic mass is 9.88. The normalized spacial score (nSPS) is 15.6. The van der Waals surface area contributed by atoms with E-state index in [1.807, 2.05) is 6.07 Å². The summed E-state index contributed by atoms with van der Waals surface area (Å²) in [6, 6.07) is 7.08. The maximum Gasteiger partial charge on any atom is 0.0819 e. The van der Waals surface area contributed by atoms with Gasteiger partial charge in [-0.2, -0.15) is 0 Å². The fourth-order valence-electron chi connectivity index (χ4n) is 1.22. The van der Waals surface area contributed by atoms with Gasteiger partial charge in [0.2, 0.25) is 0 Å². The van der Waals surface area contributed by atoms with Crippen LogP contribution in [0, 0.1) is 0 Å². The highest BCUT2D eigenvalue weighted by Crippen LogP contribution is 2.21. The molecule has 0 bridgehead atoms. The Hall–Kier alpha value is -0.650. The topological polar surface area (TPSA) is 104 Å². The van der Waals surface area contributed by atoms with Gasteiger partial charge in [0.25, 0.3) is 0 Å². The van der Waals surface area contributed by atoms with E-state index in [4.69, 9.17) is 34.5 Å². The first-order chi connectivity index (χ1) is 6.50. The van der Waals surface area contributed by atoms with E-state index in [1.165, 1.54) is 0 Å². The van der Waals surface area contributed by atoms with E-state index in [1.54, 1.807) is 18.2 Å². The summed E-state index contributed by atoms with van der Waals surface area (Å²) in [7, 11) is 0. The van der Waals surface area contributed by atoms with Gasteiger partial charge in [0.1, 0.15) is 0 Å². The van der Waals surface area contributed by atoms with Crippen LogP contribution in [0.5, 0.6) is 0 Å². The predicted octanol–water partition coefficient (Wildman–Crippen LogP) is -0.304. The monoisotopic (exact) mass is 214 g/mol. The van der Waals surface area contributed by atoms with Crippen LogP contribution >= 0.6 is 11.6 Å². The minimum absolute atomic E-state index is 0.172. The number of nitrogens with two attached hydrogens (primary N) is 4. The third kappa shape index (κ3) is 2.05. The summed E-state index contributed by atoms with van der Waals surface area (Å²) in [6.45, 7) is 0.172. The number of hydrogen-bond acceptors (Lipinski definition) is 4. The molecule has 0 saturated carbocycles. The summed E-state index contributed by atoms with van der Waals surface area (Å²) >= 11 is 5.83. The summed E-state index contributed by atoms with van der Waals surface area (Å²) in [5.74, 6) is 0. The smallest absolute Gasteiger partial charge is 0.0819 e. The van der Waals surface area contributed by atoms with Crippen LogP contribution in [0.1, 0.15) is 5.56 Å². The summed E-state index contributed by atoms with van der Waals surface area (Å²) < 4.78 is 0. The molecule has 1 aromatic rings. The molecule has 1 aromatic carbocycles. The van der Waals surface area contributed by atoms with Crippen molar-refractivity contribution in [3.8, 4) is 0 Å². The Balaban J connectivity index is 3.12. The first kappa shape index (κ1) is 11.4. The summed E-state index contributed by atoms with van der Waals surface area (Å²) in [5, 5.41) is 0.589. The van der Waals surface area contributed by atoms with Crippen molar-refractivity contribution in [2.24, 2.45) is 22.9 Å². The highest BCUT2D eigenvalue weighted by atomic mass is 35.5. The molecule has 5 heteroatoms. The molecular formula is C9H15ClN4. The highest BCUT2D eigenvalue weighted by Gasteiger charge is 2.30. The fourth-order valence-corrected chi connectivity index (χ4v) is 1.41. The molecule has 0 aliphatic rings. The standard InChI is InChI=1S/C9H15ClN4/c10-7-3-1-2-6(4-7)9(14,5-11)8(12)13/h1-4,8H,5,11-14H2. The molecule has 8 N–H and O–H groups in total. The van der Waals surface area contributed by atoms with Gasteiger partial charge in [0.15, 0.2) is 0 Å². The molecule has 4 nitrogen and oxygen atoms in total. The molecule has 0 aliphatic heterocycles. The van der Waals surface area contributed by atoms with Crippen molar-refractivity contribution in [3.63, 3.8) is 0 Å². The molecule has 0 amide bonds. The number of halogens is 1. The van der Waals surface area contributed by atoms with Gasteiger partial charge in [-0.25, -0.2) is 0 Å². The molecule has 78 valence electrons. The van der Waals surface area contributed by atoms with Gasteiger partial charge >= 0.3 is 0 Å². The molecule has 0 heterocycles. The summed E-state index contributed by atoms with van der Waals surface area (Å²) in [6.07, 6.45) is -0.717. The quantitative estimate of drug-likeness (QED) is 0.519. The molecule has 0 saturated heterocycles. The van der Waals surface area contributed by atoms with E-state index >= 15 is 0 Å². The lowest BCUT2D eigenvalue weighted by Gasteiger charge is -2.32. The van der Waals surface area contributed by atoms with Crippen molar-refractivity contribution in [2.45, 2.75) is 11.7 Å². The highest BCUT2D eigenvalue weighted by molar-refractivity contribution is 6.30. The molecule has 14 heavy (non-hydrogen) atoms. The second-order valence-electron chi connectivity index (χ2n) is 3.28. The van der Waals surface area contributed by atoms with E-state index in [-0.39, 0.29) is 6.54 Å². The second kappa shape index (κ2) is 4.25. The zero-order valence-corrected chi connectivity index (χ0v) is 8.54. The third-order valence-electron chi connectivity index (χ3n) is 2.29. The lowest BCUT2D eigenvalue weighted by molar-refractivity contribution is 0.369. The van der Waals surface area contributed by atoms with Crippen LogP contribution < -0.4 is 22.9 Å². The van der Waals surface area contributed by atoms with Crippen molar-refractivity contribution in [2.75, 3.05) is 6.54 Å². The summed E-state index contributed by atoms with van der Waals surface area (Å²) in [5.41, 5.74) is 22.6. The van der Waals surface area contributed by atoms with Crippen LogP contribution in [-0.2, 0) is 5.54 Å². The van der Waals surface area contributed by atoms with Gasteiger partial charge in [-0.1, -0.05) is 23.7 Å². The minimum Gasteiger partial charge on any atom is -0.328 e. The molecule has 1 rings (SSSR count). The van der Waals surface area contributed by atoms with E-state index < -0.39 is 11.7 Å². The maximum absolute atomic E-state index is 6.00. The summed E-state index contributed by atoms with van der Waals surface area (Å²) in [4.78, 5) is 0. The molecule has 0 spiro atoms. The minimum atomic E-state index is -0.926. The third-order valence-corrected chi connectivity index (χ3v) is 2.53. The molecule has 0 aliphatic carbocycles. The molecular weight excluding hydrogens is 200 g/mol. The Morgan fingerprint density at radius 3 is 2.43 bits per heavy atom.